The van der Waals surface area contributed by atoms with Gasteiger partial charge in [0, 0.05) is 25.1 Å². The average Bonchev–Trinajstić information content (AvgIpc) is 3.42. The van der Waals surface area contributed by atoms with Crippen molar-refractivity contribution in [3.05, 3.63) is 65.2 Å². The summed E-state index contributed by atoms with van der Waals surface area (Å²) in [5.41, 5.74) is 3.71. The van der Waals surface area contributed by atoms with Gasteiger partial charge in [0.25, 0.3) is 5.91 Å². The standard InChI is InChI=1S/C22H19FN4O2S/c23-17-6-2-1-5-16(17)21-25-20(29-26-21)10-14-4-3-9-27(12-14)22(28)15-7-8-18-19(11-15)30-13-24-18/h1-2,5-8,11,13-14H,3-4,9-10,12H2/t14-/m0/s1. The minimum absolute atomic E-state index is 0.0348. The second-order valence-corrected chi connectivity index (χ2v) is 8.38. The molecular formula is C22H19FN4O2S. The van der Waals surface area contributed by atoms with Crippen LogP contribution in [0, 0.1) is 11.7 Å². The number of aromatic nitrogens is 3. The molecule has 4 aromatic rings. The van der Waals surface area contributed by atoms with Crippen LogP contribution in [0.1, 0.15) is 29.1 Å². The van der Waals surface area contributed by atoms with Crippen molar-refractivity contribution in [2.45, 2.75) is 19.3 Å². The Bertz CT molecular complexity index is 1200. The molecule has 1 aliphatic rings. The van der Waals surface area contributed by atoms with Crippen LogP contribution < -0.4 is 0 Å². The fraction of sp³-hybridized carbons (Fsp3) is 0.273. The molecule has 8 heteroatoms. The van der Waals surface area contributed by atoms with Crippen molar-refractivity contribution in [1.82, 2.24) is 20.0 Å². The van der Waals surface area contributed by atoms with Crippen LogP contribution in [0.4, 0.5) is 4.39 Å². The van der Waals surface area contributed by atoms with Crippen LogP contribution in [0.15, 0.2) is 52.5 Å². The Kier molecular flexibility index (Phi) is 5.00. The first-order valence-corrected chi connectivity index (χ1v) is 10.8. The Balaban J connectivity index is 1.28. The van der Waals surface area contributed by atoms with E-state index in [2.05, 4.69) is 15.1 Å². The summed E-state index contributed by atoms with van der Waals surface area (Å²) in [6.45, 7) is 1.37. The monoisotopic (exact) mass is 422 g/mol. The second kappa shape index (κ2) is 7.95. The van der Waals surface area contributed by atoms with Gasteiger partial charge in [0.05, 0.1) is 21.3 Å². The fourth-order valence-corrected chi connectivity index (χ4v) is 4.64. The molecule has 5 rings (SSSR count). The molecule has 0 aliphatic carbocycles. The molecule has 0 spiro atoms. The van der Waals surface area contributed by atoms with Gasteiger partial charge in [-0.1, -0.05) is 17.3 Å². The third-order valence-corrected chi connectivity index (χ3v) is 6.22. The molecule has 1 saturated heterocycles. The summed E-state index contributed by atoms with van der Waals surface area (Å²) in [5.74, 6) is 0.608. The molecule has 0 unspecified atom stereocenters. The van der Waals surface area contributed by atoms with E-state index in [0.717, 1.165) is 29.6 Å². The molecule has 2 aromatic carbocycles. The Labute approximate surface area is 176 Å². The highest BCUT2D eigenvalue weighted by molar-refractivity contribution is 7.16. The van der Waals surface area contributed by atoms with Crippen molar-refractivity contribution in [2.75, 3.05) is 13.1 Å². The summed E-state index contributed by atoms with van der Waals surface area (Å²) in [4.78, 5) is 23.5. The zero-order valence-corrected chi connectivity index (χ0v) is 16.9. The van der Waals surface area contributed by atoms with E-state index in [0.29, 0.717) is 30.0 Å². The zero-order chi connectivity index (χ0) is 20.5. The first kappa shape index (κ1) is 18.9. The maximum atomic E-state index is 14.0. The van der Waals surface area contributed by atoms with Crippen molar-refractivity contribution in [3.8, 4) is 11.4 Å². The van der Waals surface area contributed by atoms with Crippen molar-refractivity contribution < 1.29 is 13.7 Å². The van der Waals surface area contributed by atoms with Crippen LogP contribution in [-0.2, 0) is 6.42 Å². The Morgan fingerprint density at radius 2 is 2.17 bits per heavy atom. The van der Waals surface area contributed by atoms with Crippen LogP contribution in [-0.4, -0.2) is 39.0 Å². The lowest BCUT2D eigenvalue weighted by Gasteiger charge is -2.32. The van der Waals surface area contributed by atoms with Gasteiger partial charge >= 0.3 is 0 Å². The summed E-state index contributed by atoms with van der Waals surface area (Å²) in [6.07, 6.45) is 2.47. The Hall–Kier alpha value is -3.13. The number of benzene rings is 2. The molecule has 0 bridgehead atoms. The number of halogens is 1. The number of hydrogen-bond acceptors (Lipinski definition) is 6. The van der Waals surface area contributed by atoms with E-state index in [4.69, 9.17) is 4.52 Å². The molecule has 6 nitrogen and oxygen atoms in total. The molecule has 0 radical (unpaired) electrons. The third kappa shape index (κ3) is 3.70. The predicted octanol–water partition coefficient (Wildman–Crippen LogP) is 4.58. The van der Waals surface area contributed by atoms with E-state index in [1.807, 2.05) is 23.1 Å². The smallest absolute Gasteiger partial charge is 0.253 e. The molecule has 1 fully saturated rings. The van der Waals surface area contributed by atoms with E-state index in [9.17, 15) is 9.18 Å². The van der Waals surface area contributed by atoms with Crippen LogP contribution in [0.2, 0.25) is 0 Å². The number of piperidine rings is 1. The van der Waals surface area contributed by atoms with Gasteiger partial charge in [-0.25, -0.2) is 9.37 Å². The number of nitrogens with zero attached hydrogens (tertiary/aromatic N) is 4. The normalized spacial score (nSPS) is 16.8. The van der Waals surface area contributed by atoms with Gasteiger partial charge in [-0.3, -0.25) is 4.79 Å². The van der Waals surface area contributed by atoms with Crippen LogP contribution in [0.25, 0.3) is 21.6 Å². The zero-order valence-electron chi connectivity index (χ0n) is 16.1. The minimum Gasteiger partial charge on any atom is -0.339 e. The van der Waals surface area contributed by atoms with E-state index in [-0.39, 0.29) is 23.5 Å². The highest BCUT2D eigenvalue weighted by Crippen LogP contribution is 2.25. The number of carbonyl (C=O) groups is 1. The lowest BCUT2D eigenvalue weighted by molar-refractivity contribution is 0.0668. The maximum Gasteiger partial charge on any atom is 0.253 e. The lowest BCUT2D eigenvalue weighted by Crippen LogP contribution is -2.40. The van der Waals surface area contributed by atoms with Gasteiger partial charge < -0.3 is 9.42 Å². The third-order valence-electron chi connectivity index (χ3n) is 5.43. The highest BCUT2D eigenvalue weighted by atomic mass is 32.1. The van der Waals surface area contributed by atoms with Gasteiger partial charge in [-0.05, 0) is 49.1 Å². The molecule has 1 aliphatic heterocycles. The summed E-state index contributed by atoms with van der Waals surface area (Å²) < 4.78 is 20.3. The van der Waals surface area contributed by atoms with Gasteiger partial charge in [0.2, 0.25) is 11.7 Å². The van der Waals surface area contributed by atoms with Gasteiger partial charge in [0.15, 0.2) is 0 Å². The van der Waals surface area contributed by atoms with Crippen molar-refractivity contribution in [3.63, 3.8) is 0 Å². The largest absolute Gasteiger partial charge is 0.339 e. The van der Waals surface area contributed by atoms with E-state index < -0.39 is 0 Å². The number of thiazole rings is 1. The van der Waals surface area contributed by atoms with E-state index in [1.165, 1.54) is 17.4 Å². The average molecular weight is 422 g/mol. The topological polar surface area (TPSA) is 72.1 Å². The SMILES string of the molecule is O=C(c1ccc2ncsc2c1)N1CCC[C@@H](Cc2nc(-c3ccccc3F)no2)C1. The Morgan fingerprint density at radius 3 is 3.07 bits per heavy atom. The predicted molar refractivity (Wildman–Crippen MR) is 112 cm³/mol. The summed E-state index contributed by atoms with van der Waals surface area (Å²) in [6, 6.07) is 12.0. The summed E-state index contributed by atoms with van der Waals surface area (Å²) in [5, 5.41) is 3.93. The van der Waals surface area contributed by atoms with Gasteiger partial charge in [0.1, 0.15) is 5.82 Å². The number of amides is 1. The number of rotatable bonds is 4. The van der Waals surface area contributed by atoms with Crippen molar-refractivity contribution in [2.24, 2.45) is 5.92 Å². The number of fused-ring (bicyclic) bond motifs is 1. The molecule has 1 amide bonds. The molecule has 1 atom stereocenters. The molecule has 152 valence electrons. The quantitative estimate of drug-likeness (QED) is 0.481. The van der Waals surface area contributed by atoms with Gasteiger partial charge in [-0.15, -0.1) is 11.3 Å². The first-order valence-electron chi connectivity index (χ1n) is 9.87. The molecule has 3 heterocycles. The van der Waals surface area contributed by atoms with Crippen LogP contribution >= 0.6 is 11.3 Å². The van der Waals surface area contributed by atoms with E-state index in [1.54, 1.807) is 23.7 Å². The van der Waals surface area contributed by atoms with E-state index >= 15 is 0 Å². The molecule has 0 saturated carbocycles. The van der Waals surface area contributed by atoms with Crippen LogP contribution in [0.5, 0.6) is 0 Å². The maximum absolute atomic E-state index is 14.0. The lowest BCUT2D eigenvalue weighted by atomic mass is 9.94. The van der Waals surface area contributed by atoms with Gasteiger partial charge in [-0.2, -0.15) is 4.98 Å². The fourth-order valence-electron chi connectivity index (χ4n) is 3.92. The highest BCUT2D eigenvalue weighted by Gasteiger charge is 2.26. The molecule has 2 aromatic heterocycles. The summed E-state index contributed by atoms with van der Waals surface area (Å²) >= 11 is 1.53. The molecule has 30 heavy (non-hydrogen) atoms. The van der Waals surface area contributed by atoms with Crippen LogP contribution in [0.3, 0.4) is 0 Å². The number of hydrogen-bond donors (Lipinski definition) is 0. The van der Waals surface area contributed by atoms with Crippen molar-refractivity contribution in [1.29, 1.82) is 0 Å². The second-order valence-electron chi connectivity index (χ2n) is 7.49. The first-order chi connectivity index (χ1) is 14.7. The number of carbonyl (C=O) groups excluding carboxylic acids is 1. The van der Waals surface area contributed by atoms with Crippen molar-refractivity contribution >= 4 is 27.5 Å². The molecular weight excluding hydrogens is 403 g/mol. The minimum atomic E-state index is -0.378. The number of likely N-dealkylation sites (tertiary alicyclic amines) is 1. The summed E-state index contributed by atoms with van der Waals surface area (Å²) in [7, 11) is 0. The Morgan fingerprint density at radius 1 is 1.27 bits per heavy atom. The molecule has 0 N–H and O–H groups in total.